The Hall–Kier alpha value is -3.14. The normalized spacial score (nSPS) is 12.6. The number of primary amides is 1. The molecule has 0 fully saturated rings. The largest absolute Gasteiger partial charge is 0.465 e. The Balaban J connectivity index is 2.80. The zero-order valence-electron chi connectivity index (χ0n) is 16.9. The maximum absolute atomic E-state index is 12.7. The minimum atomic E-state index is -0.859. The van der Waals surface area contributed by atoms with E-state index in [0.29, 0.717) is 17.7 Å². The van der Waals surface area contributed by atoms with Crippen molar-refractivity contribution in [3.8, 4) is 0 Å². The Morgan fingerprint density at radius 3 is 2.21 bits per heavy atom. The third kappa shape index (κ3) is 8.18. The monoisotopic (exact) mass is 407 g/mol. The third-order valence-electron chi connectivity index (χ3n) is 4.20. The van der Waals surface area contributed by atoms with E-state index in [-0.39, 0.29) is 18.9 Å². The summed E-state index contributed by atoms with van der Waals surface area (Å²) >= 11 is 0. The number of carbonyl (C=O) groups excluding carboxylic acids is 4. The minimum absolute atomic E-state index is 0.0962. The zero-order chi connectivity index (χ0) is 22.0. The van der Waals surface area contributed by atoms with Gasteiger partial charge in [-0.3, -0.25) is 9.59 Å². The number of carbonyl (C=O) groups is 4. The quantitative estimate of drug-likeness (QED) is 0.277. The van der Waals surface area contributed by atoms with Crippen LogP contribution in [-0.4, -0.2) is 49.6 Å². The molecule has 1 rings (SSSR count). The fraction of sp³-hybridized carbons (Fsp3) is 0.474. The Bertz CT molecular complexity index is 720. The summed E-state index contributed by atoms with van der Waals surface area (Å²) in [6, 6.07) is 3.86. The zero-order valence-corrected chi connectivity index (χ0v) is 16.9. The van der Waals surface area contributed by atoms with Crippen LogP contribution in [0.15, 0.2) is 24.3 Å². The van der Waals surface area contributed by atoms with E-state index in [9.17, 15) is 19.2 Å². The van der Waals surface area contributed by atoms with Gasteiger partial charge in [-0.05, 0) is 43.0 Å². The molecule has 1 unspecified atom stereocenters. The number of nitrogens with two attached hydrogens (primary N) is 2. The van der Waals surface area contributed by atoms with Gasteiger partial charge < -0.3 is 32.2 Å². The Morgan fingerprint density at radius 1 is 1.07 bits per heavy atom. The molecule has 0 radical (unpaired) electrons. The number of nitrogens with one attached hydrogen (secondary N) is 3. The van der Waals surface area contributed by atoms with Gasteiger partial charge in [-0.2, -0.15) is 0 Å². The fourth-order valence-electron chi connectivity index (χ4n) is 2.39. The fourth-order valence-corrected chi connectivity index (χ4v) is 2.39. The summed E-state index contributed by atoms with van der Waals surface area (Å²) in [6.07, 6.45) is 0.683. The summed E-state index contributed by atoms with van der Waals surface area (Å²) < 4.78 is 4.63. The molecular formula is C19H29N5O5. The van der Waals surface area contributed by atoms with Crippen molar-refractivity contribution >= 4 is 29.5 Å². The number of amides is 4. The molecule has 29 heavy (non-hydrogen) atoms. The molecular weight excluding hydrogens is 378 g/mol. The lowest BCUT2D eigenvalue weighted by atomic mass is 10.0. The number of methoxy groups -OCH3 is 1. The van der Waals surface area contributed by atoms with Gasteiger partial charge in [0.1, 0.15) is 6.04 Å². The van der Waals surface area contributed by atoms with Crippen LogP contribution < -0.4 is 27.4 Å². The Labute approximate surface area is 169 Å². The predicted octanol–water partition coefficient (Wildman–Crippen LogP) is 0.328. The Morgan fingerprint density at radius 2 is 1.69 bits per heavy atom. The second-order valence-electron chi connectivity index (χ2n) is 6.82. The van der Waals surface area contributed by atoms with Gasteiger partial charge in [0, 0.05) is 12.2 Å². The lowest BCUT2D eigenvalue weighted by Gasteiger charge is -2.22. The summed E-state index contributed by atoms with van der Waals surface area (Å²) in [5.74, 6) is -1.47. The molecule has 160 valence electrons. The van der Waals surface area contributed by atoms with Crippen LogP contribution in [0.2, 0.25) is 0 Å². The van der Waals surface area contributed by atoms with Gasteiger partial charge in [-0.15, -0.1) is 0 Å². The molecule has 0 aliphatic rings. The number of hydrogen-bond acceptors (Lipinski definition) is 6. The highest BCUT2D eigenvalue weighted by atomic mass is 16.5. The van der Waals surface area contributed by atoms with Crippen molar-refractivity contribution in [2.45, 2.75) is 38.8 Å². The van der Waals surface area contributed by atoms with E-state index >= 15 is 0 Å². The number of benzene rings is 1. The van der Waals surface area contributed by atoms with E-state index in [1.165, 1.54) is 19.2 Å². The lowest BCUT2D eigenvalue weighted by molar-refractivity contribution is -0.128. The molecule has 0 heterocycles. The van der Waals surface area contributed by atoms with E-state index in [4.69, 9.17) is 11.5 Å². The molecule has 0 aromatic heterocycles. The van der Waals surface area contributed by atoms with Crippen molar-refractivity contribution in [1.29, 1.82) is 0 Å². The van der Waals surface area contributed by atoms with E-state index in [1.54, 1.807) is 26.0 Å². The standard InChI is InChI=1S/C19H29N5O5/c1-11(2)15(20)17(26)24-14(5-4-10-22-19(21)28)16(25)23-13-8-6-12(7-9-13)18(27)29-3/h6-9,11,14-15H,4-5,10,20H2,1-3H3,(H,23,25)(H,24,26)(H3,21,22,28)/t14-,15?/m0/s1. The van der Waals surface area contributed by atoms with Crippen LogP contribution in [0.3, 0.4) is 0 Å². The summed E-state index contributed by atoms with van der Waals surface area (Å²) in [4.78, 5) is 47.2. The topological polar surface area (TPSA) is 166 Å². The van der Waals surface area contributed by atoms with Crippen LogP contribution in [-0.2, 0) is 14.3 Å². The highest BCUT2D eigenvalue weighted by Crippen LogP contribution is 2.12. The first-order valence-corrected chi connectivity index (χ1v) is 9.24. The van der Waals surface area contributed by atoms with Gasteiger partial charge in [0.15, 0.2) is 0 Å². The lowest BCUT2D eigenvalue weighted by Crippen LogP contribution is -2.51. The SMILES string of the molecule is COC(=O)c1ccc(NC(=O)[C@H](CCCNC(N)=O)NC(=O)C(N)C(C)C)cc1. The highest BCUT2D eigenvalue weighted by Gasteiger charge is 2.25. The first-order valence-electron chi connectivity index (χ1n) is 9.24. The molecule has 0 saturated carbocycles. The van der Waals surface area contributed by atoms with Crippen LogP contribution in [0, 0.1) is 5.92 Å². The maximum Gasteiger partial charge on any atom is 0.337 e. The van der Waals surface area contributed by atoms with Gasteiger partial charge in [0.25, 0.3) is 0 Å². The van der Waals surface area contributed by atoms with Gasteiger partial charge >= 0.3 is 12.0 Å². The maximum atomic E-state index is 12.7. The highest BCUT2D eigenvalue weighted by molar-refractivity contribution is 5.98. The molecule has 0 bridgehead atoms. The van der Waals surface area contributed by atoms with Crippen LogP contribution in [0.4, 0.5) is 10.5 Å². The van der Waals surface area contributed by atoms with Crippen molar-refractivity contribution in [1.82, 2.24) is 10.6 Å². The number of rotatable bonds is 10. The minimum Gasteiger partial charge on any atom is -0.465 e. The molecule has 7 N–H and O–H groups in total. The molecule has 1 aromatic carbocycles. The molecule has 1 aromatic rings. The molecule has 4 amide bonds. The number of anilines is 1. The smallest absolute Gasteiger partial charge is 0.337 e. The predicted molar refractivity (Wildman–Crippen MR) is 108 cm³/mol. The van der Waals surface area contributed by atoms with Crippen molar-refractivity contribution in [3.05, 3.63) is 29.8 Å². The van der Waals surface area contributed by atoms with E-state index in [1.807, 2.05) is 0 Å². The molecule has 0 spiro atoms. The third-order valence-corrected chi connectivity index (χ3v) is 4.20. The number of urea groups is 1. The van der Waals surface area contributed by atoms with Crippen LogP contribution in [0.1, 0.15) is 37.0 Å². The van der Waals surface area contributed by atoms with Crippen LogP contribution in [0.5, 0.6) is 0 Å². The second-order valence-corrected chi connectivity index (χ2v) is 6.82. The molecule has 0 aliphatic carbocycles. The molecule has 10 heteroatoms. The molecule has 0 aliphatic heterocycles. The van der Waals surface area contributed by atoms with E-state index in [0.717, 1.165) is 0 Å². The van der Waals surface area contributed by atoms with Gasteiger partial charge in [0.2, 0.25) is 11.8 Å². The number of ether oxygens (including phenoxy) is 1. The Kier molecular flexibility index (Phi) is 9.60. The van der Waals surface area contributed by atoms with Gasteiger partial charge in [-0.25, -0.2) is 9.59 Å². The van der Waals surface area contributed by atoms with Crippen molar-refractivity contribution in [3.63, 3.8) is 0 Å². The summed E-state index contributed by atoms with van der Waals surface area (Å²) in [7, 11) is 1.28. The number of esters is 1. The van der Waals surface area contributed by atoms with Crippen LogP contribution in [0.25, 0.3) is 0 Å². The second kappa shape index (κ2) is 11.6. The van der Waals surface area contributed by atoms with Crippen molar-refractivity contribution in [2.75, 3.05) is 19.0 Å². The first-order chi connectivity index (χ1) is 13.6. The number of hydrogen-bond donors (Lipinski definition) is 5. The summed E-state index contributed by atoms with van der Waals surface area (Å²) in [5.41, 5.74) is 11.7. The molecule has 0 saturated heterocycles. The summed E-state index contributed by atoms with van der Waals surface area (Å²) in [5, 5.41) is 7.77. The molecule has 10 nitrogen and oxygen atoms in total. The molecule has 2 atom stereocenters. The van der Waals surface area contributed by atoms with Gasteiger partial charge in [-0.1, -0.05) is 13.8 Å². The first kappa shape index (κ1) is 23.9. The van der Waals surface area contributed by atoms with Gasteiger partial charge in [0.05, 0.1) is 18.7 Å². The summed E-state index contributed by atoms with van der Waals surface area (Å²) in [6.45, 7) is 3.87. The van der Waals surface area contributed by atoms with Crippen molar-refractivity contribution < 1.29 is 23.9 Å². The van der Waals surface area contributed by atoms with Crippen molar-refractivity contribution in [2.24, 2.45) is 17.4 Å². The average molecular weight is 407 g/mol. The average Bonchev–Trinajstić information content (AvgIpc) is 2.68. The van der Waals surface area contributed by atoms with E-state index < -0.39 is 35.9 Å². The van der Waals surface area contributed by atoms with E-state index in [2.05, 4.69) is 20.7 Å². The van der Waals surface area contributed by atoms with Crippen LogP contribution >= 0.6 is 0 Å².